The van der Waals surface area contributed by atoms with Crippen LogP contribution in [-0.4, -0.2) is 45.8 Å². The van der Waals surface area contributed by atoms with Crippen molar-refractivity contribution in [2.24, 2.45) is 0 Å². The van der Waals surface area contributed by atoms with E-state index in [-0.39, 0.29) is 24.5 Å². The van der Waals surface area contributed by atoms with Gasteiger partial charge in [-0.3, -0.25) is 4.79 Å². The van der Waals surface area contributed by atoms with Crippen LogP contribution in [0.15, 0.2) is 29.7 Å². The van der Waals surface area contributed by atoms with Crippen LogP contribution >= 0.6 is 11.6 Å². The number of methoxy groups -OCH3 is 1. The van der Waals surface area contributed by atoms with E-state index < -0.39 is 10.0 Å². The Morgan fingerprint density at radius 3 is 2.62 bits per heavy atom. The summed E-state index contributed by atoms with van der Waals surface area (Å²) in [6.45, 7) is 1.80. The maximum Gasteiger partial charge on any atom is 0.236 e. The van der Waals surface area contributed by atoms with Crippen LogP contribution in [0.3, 0.4) is 0 Å². The highest BCUT2D eigenvalue weighted by molar-refractivity contribution is 7.92. The third-order valence-electron chi connectivity index (χ3n) is 2.83. The Hall–Kier alpha value is -1.21. The second kappa shape index (κ2) is 7.70. The van der Waals surface area contributed by atoms with Crippen molar-refractivity contribution in [1.82, 2.24) is 4.31 Å². The molecule has 21 heavy (non-hydrogen) atoms. The number of likely N-dealkylation sites (N-methyl/N-ethyl adjacent to an activating group) is 1. The lowest BCUT2D eigenvalue weighted by molar-refractivity contribution is -0.111. The molecule has 1 rings (SSSR count). The van der Waals surface area contributed by atoms with Gasteiger partial charge in [-0.15, -0.1) is 0 Å². The normalized spacial score (nSPS) is 12.7. The van der Waals surface area contributed by atoms with E-state index in [0.29, 0.717) is 10.6 Å². The molecule has 0 saturated heterocycles. The third kappa shape index (κ3) is 5.24. The summed E-state index contributed by atoms with van der Waals surface area (Å²) in [5.74, 6) is -0.346. The number of hydrogen-bond acceptors (Lipinski definition) is 4. The second-order valence-electron chi connectivity index (χ2n) is 4.46. The highest BCUT2D eigenvalue weighted by Crippen LogP contribution is 2.21. The quantitative estimate of drug-likeness (QED) is 0.718. The van der Waals surface area contributed by atoms with Gasteiger partial charge in [-0.2, -0.15) is 4.31 Å². The van der Waals surface area contributed by atoms with Crippen LogP contribution < -0.4 is 0 Å². The van der Waals surface area contributed by atoms with E-state index in [1.165, 1.54) is 21.1 Å². The SMILES string of the molecule is COCCN(C)S(=O)(=O)C=C(C(C)=O)c1cccc(Cl)c1. The molecule has 0 saturated carbocycles. The van der Waals surface area contributed by atoms with E-state index in [0.717, 1.165) is 9.71 Å². The van der Waals surface area contributed by atoms with Crippen LogP contribution in [0.5, 0.6) is 0 Å². The Morgan fingerprint density at radius 1 is 1.43 bits per heavy atom. The van der Waals surface area contributed by atoms with Gasteiger partial charge in [0, 0.05) is 31.3 Å². The lowest BCUT2D eigenvalue weighted by atomic mass is 10.1. The molecule has 0 aromatic heterocycles. The van der Waals surface area contributed by atoms with Crippen LogP contribution in [0.2, 0.25) is 5.02 Å². The number of carbonyl (C=O) groups is 1. The number of nitrogens with zero attached hydrogens (tertiary/aromatic N) is 1. The van der Waals surface area contributed by atoms with Crippen molar-refractivity contribution >= 4 is 33.0 Å². The van der Waals surface area contributed by atoms with Crippen molar-refractivity contribution in [3.05, 3.63) is 40.3 Å². The topological polar surface area (TPSA) is 63.7 Å². The lowest BCUT2D eigenvalue weighted by Gasteiger charge is -2.15. The van der Waals surface area contributed by atoms with E-state index in [2.05, 4.69) is 0 Å². The van der Waals surface area contributed by atoms with Gasteiger partial charge in [-0.25, -0.2) is 8.42 Å². The van der Waals surface area contributed by atoms with Crippen molar-refractivity contribution in [2.45, 2.75) is 6.92 Å². The number of rotatable bonds is 7. The van der Waals surface area contributed by atoms with Crippen molar-refractivity contribution in [2.75, 3.05) is 27.3 Å². The predicted octanol–water partition coefficient (Wildman–Crippen LogP) is 2.18. The van der Waals surface area contributed by atoms with E-state index >= 15 is 0 Å². The van der Waals surface area contributed by atoms with Gasteiger partial charge in [-0.1, -0.05) is 23.7 Å². The summed E-state index contributed by atoms with van der Waals surface area (Å²) in [5.41, 5.74) is 0.570. The Bertz CT molecular complexity index is 640. The molecule has 7 heteroatoms. The molecule has 0 aliphatic carbocycles. The van der Waals surface area contributed by atoms with Gasteiger partial charge in [0.25, 0.3) is 0 Å². The molecule has 0 N–H and O–H groups in total. The number of Topliss-reactive ketones (excluding diaryl/α,β-unsaturated/α-hetero) is 1. The average molecular weight is 332 g/mol. The second-order valence-corrected chi connectivity index (χ2v) is 6.78. The molecule has 0 aliphatic rings. The third-order valence-corrected chi connectivity index (χ3v) is 4.65. The minimum atomic E-state index is -3.71. The number of hydrogen-bond donors (Lipinski definition) is 0. The summed E-state index contributed by atoms with van der Waals surface area (Å²) in [5, 5.41) is 1.40. The van der Waals surface area contributed by atoms with Gasteiger partial charge in [0.2, 0.25) is 10.0 Å². The Kier molecular flexibility index (Phi) is 6.54. The van der Waals surface area contributed by atoms with Crippen LogP contribution in [0.25, 0.3) is 5.57 Å². The molecule has 116 valence electrons. The molecule has 0 atom stereocenters. The predicted molar refractivity (Wildman–Crippen MR) is 83.5 cm³/mol. The molecular formula is C14H18ClNO4S. The Balaban J connectivity index is 3.19. The van der Waals surface area contributed by atoms with Crippen molar-refractivity contribution in [3.8, 4) is 0 Å². The van der Waals surface area contributed by atoms with Gasteiger partial charge < -0.3 is 4.74 Å². The number of ether oxygens (including phenoxy) is 1. The first-order chi connectivity index (χ1) is 9.77. The highest BCUT2D eigenvalue weighted by Gasteiger charge is 2.18. The zero-order chi connectivity index (χ0) is 16.0. The van der Waals surface area contributed by atoms with Crippen LogP contribution in [-0.2, 0) is 19.6 Å². The molecule has 1 aromatic carbocycles. The molecule has 1 aromatic rings. The van der Waals surface area contributed by atoms with Crippen LogP contribution in [0.1, 0.15) is 12.5 Å². The standard InChI is InChI=1S/C14H18ClNO4S/c1-11(17)14(12-5-4-6-13(15)9-12)10-21(18,19)16(2)7-8-20-3/h4-6,9-10H,7-8H2,1-3H3. The monoisotopic (exact) mass is 331 g/mol. The summed E-state index contributed by atoms with van der Waals surface area (Å²) >= 11 is 5.88. The van der Waals surface area contributed by atoms with E-state index in [1.54, 1.807) is 24.3 Å². The Labute approximate surface area is 130 Å². The minimum absolute atomic E-state index is 0.0989. The molecule has 0 amide bonds. The van der Waals surface area contributed by atoms with E-state index in [1.807, 2.05) is 0 Å². The first-order valence-electron chi connectivity index (χ1n) is 6.22. The summed E-state index contributed by atoms with van der Waals surface area (Å²) < 4.78 is 30.4. The first kappa shape index (κ1) is 17.8. The highest BCUT2D eigenvalue weighted by atomic mass is 35.5. The summed E-state index contributed by atoms with van der Waals surface area (Å²) in [4.78, 5) is 11.8. The summed E-state index contributed by atoms with van der Waals surface area (Å²) in [7, 11) is -0.790. The van der Waals surface area contributed by atoms with Crippen LogP contribution in [0.4, 0.5) is 0 Å². The van der Waals surface area contributed by atoms with Crippen molar-refractivity contribution in [3.63, 3.8) is 0 Å². The van der Waals surface area contributed by atoms with Gasteiger partial charge in [-0.05, 0) is 24.6 Å². The molecular weight excluding hydrogens is 314 g/mol. The molecule has 0 aliphatic heterocycles. The number of ketones is 1. The molecule has 0 fully saturated rings. The molecule has 0 bridgehead atoms. The maximum atomic E-state index is 12.2. The molecule has 0 radical (unpaired) electrons. The van der Waals surface area contributed by atoms with E-state index in [4.69, 9.17) is 16.3 Å². The molecule has 0 unspecified atom stereocenters. The van der Waals surface area contributed by atoms with Gasteiger partial charge in [0.1, 0.15) is 0 Å². The zero-order valence-electron chi connectivity index (χ0n) is 12.2. The average Bonchev–Trinajstić information content (AvgIpc) is 2.41. The fraction of sp³-hybridized carbons (Fsp3) is 0.357. The molecule has 5 nitrogen and oxygen atoms in total. The maximum absolute atomic E-state index is 12.2. The fourth-order valence-electron chi connectivity index (χ4n) is 1.60. The molecule has 0 heterocycles. The number of carbonyl (C=O) groups excluding carboxylic acids is 1. The van der Waals surface area contributed by atoms with Crippen LogP contribution in [0, 0.1) is 0 Å². The van der Waals surface area contributed by atoms with E-state index in [9.17, 15) is 13.2 Å². The number of sulfonamides is 1. The first-order valence-corrected chi connectivity index (χ1v) is 8.10. The number of benzene rings is 1. The number of allylic oxidation sites excluding steroid dienone is 1. The summed E-state index contributed by atoms with van der Waals surface area (Å²) in [6, 6.07) is 6.51. The van der Waals surface area contributed by atoms with Gasteiger partial charge in [0.15, 0.2) is 5.78 Å². The van der Waals surface area contributed by atoms with Gasteiger partial charge >= 0.3 is 0 Å². The van der Waals surface area contributed by atoms with Crippen molar-refractivity contribution < 1.29 is 17.9 Å². The minimum Gasteiger partial charge on any atom is -0.383 e. The van der Waals surface area contributed by atoms with Crippen molar-refractivity contribution in [1.29, 1.82) is 0 Å². The van der Waals surface area contributed by atoms with Gasteiger partial charge in [0.05, 0.1) is 12.0 Å². The lowest BCUT2D eigenvalue weighted by Crippen LogP contribution is -2.28. The zero-order valence-corrected chi connectivity index (χ0v) is 13.7. The largest absolute Gasteiger partial charge is 0.383 e. The Morgan fingerprint density at radius 2 is 2.10 bits per heavy atom. The molecule has 0 spiro atoms. The smallest absolute Gasteiger partial charge is 0.236 e. The summed E-state index contributed by atoms with van der Waals surface area (Å²) in [6.07, 6.45) is 0. The fourth-order valence-corrected chi connectivity index (χ4v) is 2.90. The number of halogens is 1.